The van der Waals surface area contributed by atoms with Crippen molar-refractivity contribution in [1.29, 1.82) is 0 Å². The molecule has 2 aromatic carbocycles. The minimum absolute atomic E-state index is 0.383. The van der Waals surface area contributed by atoms with Gasteiger partial charge >= 0.3 is 0 Å². The number of carbonyl (C=O) groups excluding carboxylic acids is 1. The number of methoxy groups -OCH3 is 1. The molecule has 0 aliphatic heterocycles. The third kappa shape index (κ3) is 3.42. The van der Waals surface area contributed by atoms with Crippen molar-refractivity contribution in [1.82, 2.24) is 5.43 Å². The normalized spacial score (nSPS) is 12.9. The second-order valence-electron chi connectivity index (χ2n) is 5.84. The molecule has 3 rings (SSSR count). The molecular formula is C20H20N2O3S. The lowest BCUT2D eigenvalue weighted by atomic mass is 9.90. The van der Waals surface area contributed by atoms with Crippen LogP contribution in [0, 0.1) is 6.92 Å². The van der Waals surface area contributed by atoms with Crippen LogP contribution in [0.4, 0.5) is 5.69 Å². The van der Waals surface area contributed by atoms with E-state index in [1.54, 1.807) is 36.4 Å². The SMILES string of the molecule is COc1ccccc1[C@](O)(C(=O)NNc1cccc(C)c1)c1cccs1. The van der Waals surface area contributed by atoms with Crippen LogP contribution in [0.1, 0.15) is 16.0 Å². The Balaban J connectivity index is 1.95. The summed E-state index contributed by atoms with van der Waals surface area (Å²) in [7, 11) is 1.51. The molecular weight excluding hydrogens is 348 g/mol. The standard InChI is InChI=1S/C20H20N2O3S/c1-14-7-5-8-15(13-14)21-22-19(23)20(24,18-11-6-12-26-18)16-9-3-4-10-17(16)25-2/h3-13,21,24H,1-2H3,(H,22,23)/t20-/m1/s1. The van der Waals surface area contributed by atoms with Crippen molar-refractivity contribution in [2.75, 3.05) is 12.5 Å². The van der Waals surface area contributed by atoms with E-state index in [1.807, 2.05) is 36.6 Å². The molecule has 0 unspecified atom stereocenters. The van der Waals surface area contributed by atoms with Gasteiger partial charge in [-0.25, -0.2) is 0 Å². The van der Waals surface area contributed by atoms with Crippen molar-refractivity contribution < 1.29 is 14.6 Å². The van der Waals surface area contributed by atoms with E-state index in [1.165, 1.54) is 18.4 Å². The van der Waals surface area contributed by atoms with E-state index in [4.69, 9.17) is 4.74 Å². The molecule has 3 N–H and O–H groups in total. The molecule has 26 heavy (non-hydrogen) atoms. The summed E-state index contributed by atoms with van der Waals surface area (Å²) in [6.07, 6.45) is 0. The number of aliphatic hydroxyl groups is 1. The van der Waals surface area contributed by atoms with Gasteiger partial charge in [0, 0.05) is 5.56 Å². The zero-order chi connectivity index (χ0) is 18.6. The Morgan fingerprint density at radius 1 is 1.12 bits per heavy atom. The summed E-state index contributed by atoms with van der Waals surface area (Å²) in [5, 5.41) is 13.3. The fourth-order valence-electron chi connectivity index (χ4n) is 2.74. The molecule has 0 radical (unpaired) electrons. The lowest BCUT2D eigenvalue weighted by molar-refractivity contribution is -0.136. The number of amides is 1. The Bertz CT molecular complexity index is 896. The van der Waals surface area contributed by atoms with Crippen molar-refractivity contribution >= 4 is 22.9 Å². The van der Waals surface area contributed by atoms with Crippen LogP contribution in [0.3, 0.4) is 0 Å². The minimum Gasteiger partial charge on any atom is -0.496 e. The number of benzene rings is 2. The molecule has 0 spiro atoms. The van der Waals surface area contributed by atoms with E-state index in [2.05, 4.69) is 10.9 Å². The van der Waals surface area contributed by atoms with Gasteiger partial charge in [-0.2, -0.15) is 0 Å². The number of para-hydroxylation sites is 1. The number of nitrogens with one attached hydrogen (secondary N) is 2. The van der Waals surface area contributed by atoms with Crippen molar-refractivity contribution in [3.8, 4) is 5.75 Å². The van der Waals surface area contributed by atoms with Crippen LogP contribution in [0.25, 0.3) is 0 Å². The average Bonchev–Trinajstić information content (AvgIpc) is 3.20. The molecule has 0 saturated heterocycles. The first-order valence-electron chi connectivity index (χ1n) is 8.08. The highest BCUT2D eigenvalue weighted by molar-refractivity contribution is 7.10. The van der Waals surface area contributed by atoms with Crippen molar-refractivity contribution in [2.24, 2.45) is 0 Å². The van der Waals surface area contributed by atoms with Crippen LogP contribution >= 0.6 is 11.3 Å². The largest absolute Gasteiger partial charge is 0.496 e. The molecule has 6 heteroatoms. The predicted octanol–water partition coefficient (Wildman–Crippen LogP) is 3.44. The maximum atomic E-state index is 13.0. The highest BCUT2D eigenvalue weighted by Gasteiger charge is 2.43. The van der Waals surface area contributed by atoms with E-state index >= 15 is 0 Å². The lowest BCUT2D eigenvalue weighted by Gasteiger charge is -2.28. The molecule has 1 aromatic heterocycles. The Morgan fingerprint density at radius 3 is 2.62 bits per heavy atom. The fourth-order valence-corrected chi connectivity index (χ4v) is 3.57. The van der Waals surface area contributed by atoms with Crippen molar-refractivity contribution in [2.45, 2.75) is 12.5 Å². The van der Waals surface area contributed by atoms with Gasteiger partial charge in [0.05, 0.1) is 17.7 Å². The lowest BCUT2D eigenvalue weighted by Crippen LogP contribution is -2.47. The van der Waals surface area contributed by atoms with Crippen LogP contribution in [-0.2, 0) is 10.4 Å². The number of rotatable bonds is 6. The highest BCUT2D eigenvalue weighted by atomic mass is 32.1. The third-order valence-electron chi connectivity index (χ3n) is 4.04. The molecule has 1 heterocycles. The number of aryl methyl sites for hydroxylation is 1. The molecule has 1 atom stereocenters. The summed E-state index contributed by atoms with van der Waals surface area (Å²) in [5.41, 5.74) is 5.77. The van der Waals surface area contributed by atoms with Gasteiger partial charge < -0.3 is 9.84 Å². The van der Waals surface area contributed by atoms with Gasteiger partial charge in [0.25, 0.3) is 5.91 Å². The Labute approximate surface area is 156 Å². The number of anilines is 1. The van der Waals surface area contributed by atoms with Crippen LogP contribution < -0.4 is 15.6 Å². The first-order valence-corrected chi connectivity index (χ1v) is 8.96. The molecule has 3 aromatic rings. The van der Waals surface area contributed by atoms with Crippen molar-refractivity contribution in [3.05, 3.63) is 82.0 Å². The summed E-state index contributed by atoms with van der Waals surface area (Å²) in [6, 6.07) is 18.1. The van der Waals surface area contributed by atoms with E-state index in [9.17, 15) is 9.90 Å². The summed E-state index contributed by atoms with van der Waals surface area (Å²) in [5.74, 6) is -0.153. The number of hydrogen-bond acceptors (Lipinski definition) is 5. The van der Waals surface area contributed by atoms with E-state index in [0.717, 1.165) is 11.3 Å². The van der Waals surface area contributed by atoms with Gasteiger partial charge in [0.15, 0.2) is 0 Å². The molecule has 0 fully saturated rings. The molecule has 134 valence electrons. The molecule has 0 saturated carbocycles. The monoisotopic (exact) mass is 368 g/mol. The maximum Gasteiger partial charge on any atom is 0.280 e. The average molecular weight is 368 g/mol. The third-order valence-corrected chi connectivity index (χ3v) is 5.02. The van der Waals surface area contributed by atoms with Crippen LogP contribution in [0.5, 0.6) is 5.75 Å². The molecule has 0 aliphatic rings. The van der Waals surface area contributed by atoms with Crippen LogP contribution in [0.15, 0.2) is 66.0 Å². The Hall–Kier alpha value is -2.83. The second kappa shape index (κ2) is 7.59. The number of thiophene rings is 1. The number of hydrazine groups is 1. The second-order valence-corrected chi connectivity index (χ2v) is 6.78. The van der Waals surface area contributed by atoms with Crippen LogP contribution in [-0.4, -0.2) is 18.1 Å². The maximum absolute atomic E-state index is 13.0. The Kier molecular flexibility index (Phi) is 5.25. The predicted molar refractivity (Wildman–Crippen MR) is 103 cm³/mol. The fraction of sp³-hybridized carbons (Fsp3) is 0.150. The quantitative estimate of drug-likeness (QED) is 0.583. The number of hydrogen-bond donors (Lipinski definition) is 3. The van der Waals surface area contributed by atoms with E-state index < -0.39 is 11.5 Å². The summed E-state index contributed by atoms with van der Waals surface area (Å²) < 4.78 is 5.36. The van der Waals surface area contributed by atoms with E-state index in [-0.39, 0.29) is 0 Å². The smallest absolute Gasteiger partial charge is 0.280 e. The summed E-state index contributed by atoms with van der Waals surface area (Å²) in [4.78, 5) is 13.5. The van der Waals surface area contributed by atoms with Gasteiger partial charge in [0.2, 0.25) is 5.60 Å². The van der Waals surface area contributed by atoms with Gasteiger partial charge in [-0.15, -0.1) is 11.3 Å². The first kappa shape index (κ1) is 18.0. The van der Waals surface area contributed by atoms with Gasteiger partial charge in [-0.05, 0) is 42.1 Å². The Morgan fingerprint density at radius 2 is 1.92 bits per heavy atom. The summed E-state index contributed by atoms with van der Waals surface area (Å²) in [6.45, 7) is 1.96. The zero-order valence-corrected chi connectivity index (χ0v) is 15.3. The molecule has 1 amide bonds. The summed E-state index contributed by atoms with van der Waals surface area (Å²) >= 11 is 1.30. The number of ether oxygens (including phenoxy) is 1. The van der Waals surface area contributed by atoms with Gasteiger partial charge in [-0.1, -0.05) is 36.4 Å². The molecule has 5 nitrogen and oxygen atoms in total. The highest BCUT2D eigenvalue weighted by Crippen LogP contribution is 2.38. The minimum atomic E-state index is -1.88. The van der Waals surface area contributed by atoms with Gasteiger partial charge in [-0.3, -0.25) is 15.6 Å². The molecule has 0 aliphatic carbocycles. The topological polar surface area (TPSA) is 70.6 Å². The van der Waals surface area contributed by atoms with Crippen molar-refractivity contribution in [3.63, 3.8) is 0 Å². The zero-order valence-electron chi connectivity index (χ0n) is 14.5. The van der Waals surface area contributed by atoms with Crippen LogP contribution in [0.2, 0.25) is 0 Å². The number of carbonyl (C=O) groups is 1. The van der Waals surface area contributed by atoms with Gasteiger partial charge in [0.1, 0.15) is 5.75 Å². The first-order chi connectivity index (χ1) is 12.6. The molecule has 0 bridgehead atoms. The van der Waals surface area contributed by atoms with E-state index in [0.29, 0.717) is 16.2 Å².